The van der Waals surface area contributed by atoms with E-state index in [9.17, 15) is 0 Å². The van der Waals surface area contributed by atoms with Crippen molar-refractivity contribution >= 4 is 0 Å². The Morgan fingerprint density at radius 1 is 1.25 bits per heavy atom. The summed E-state index contributed by atoms with van der Waals surface area (Å²) < 4.78 is 5.08. The van der Waals surface area contributed by atoms with Crippen LogP contribution < -0.4 is 0 Å². The number of hydrogen-bond acceptors (Lipinski definition) is 2. The monoisotopic (exact) mass is 169 g/mol. The molecule has 0 bridgehead atoms. The van der Waals surface area contributed by atoms with Gasteiger partial charge in [-0.05, 0) is 6.92 Å². The van der Waals surface area contributed by atoms with Crippen molar-refractivity contribution in [2.24, 2.45) is 0 Å². The maximum atomic E-state index is 5.08. The van der Waals surface area contributed by atoms with E-state index in [1.807, 2.05) is 26.8 Å². The van der Waals surface area contributed by atoms with Crippen LogP contribution in [0.25, 0.3) is 0 Å². The molecule has 0 aromatic carbocycles. The summed E-state index contributed by atoms with van der Waals surface area (Å²) in [6.45, 7) is 12.2. The summed E-state index contributed by atoms with van der Waals surface area (Å²) in [6, 6.07) is 1.97. The lowest BCUT2D eigenvalue weighted by atomic mass is 9.93. The Morgan fingerprint density at radius 3 is 1.92 bits per heavy atom. The van der Waals surface area contributed by atoms with Gasteiger partial charge in [-0.15, -0.1) is 0 Å². The molecule has 0 N–H and O–H groups in total. The molecule has 1 aromatic rings. The predicted octanol–water partition coefficient (Wildman–Crippen LogP) is 3.31. The average Bonchev–Trinajstić information content (AvgIpc) is 2.39. The molecule has 0 saturated carbocycles. The summed E-state index contributed by atoms with van der Waals surface area (Å²) in [6.07, 6.45) is 0. The Bertz CT molecular complexity index is 220. The van der Waals surface area contributed by atoms with Crippen LogP contribution in [0.15, 0.2) is 10.6 Å². The third kappa shape index (κ3) is 3.07. The van der Waals surface area contributed by atoms with Crippen molar-refractivity contribution in [1.29, 1.82) is 0 Å². The lowest BCUT2D eigenvalue weighted by Crippen LogP contribution is -2.09. The Kier molecular flexibility index (Phi) is 4.01. The van der Waals surface area contributed by atoms with Gasteiger partial charge in [-0.2, -0.15) is 0 Å². The topological polar surface area (TPSA) is 26.0 Å². The molecule has 70 valence electrons. The molecule has 0 atom stereocenters. The minimum atomic E-state index is 0.0846. The van der Waals surface area contributed by atoms with Crippen LogP contribution in [0.4, 0.5) is 0 Å². The van der Waals surface area contributed by atoms with Crippen molar-refractivity contribution in [3.63, 3.8) is 0 Å². The molecule has 0 amide bonds. The first-order chi connectivity index (χ1) is 5.50. The molecule has 0 spiro atoms. The highest BCUT2D eigenvalue weighted by molar-refractivity contribution is 5.11. The molecule has 0 aliphatic heterocycles. The van der Waals surface area contributed by atoms with E-state index < -0.39 is 0 Å². The van der Waals surface area contributed by atoms with E-state index in [1.165, 1.54) is 0 Å². The molecule has 1 aromatic heterocycles. The van der Waals surface area contributed by atoms with E-state index in [0.29, 0.717) is 0 Å². The van der Waals surface area contributed by atoms with Crippen molar-refractivity contribution in [2.75, 3.05) is 0 Å². The first-order valence-corrected chi connectivity index (χ1v) is 4.44. The van der Waals surface area contributed by atoms with Crippen LogP contribution in [-0.4, -0.2) is 5.16 Å². The van der Waals surface area contributed by atoms with Gasteiger partial charge in [-0.25, -0.2) is 0 Å². The smallest absolute Gasteiger partial charge is 0.142 e. The van der Waals surface area contributed by atoms with E-state index in [2.05, 4.69) is 25.9 Å². The Morgan fingerprint density at radius 2 is 1.75 bits per heavy atom. The Balaban J connectivity index is 0.000000561. The van der Waals surface area contributed by atoms with Crippen molar-refractivity contribution in [1.82, 2.24) is 5.16 Å². The van der Waals surface area contributed by atoms with Gasteiger partial charge >= 0.3 is 0 Å². The van der Waals surface area contributed by atoms with Gasteiger partial charge in [0.2, 0.25) is 0 Å². The van der Waals surface area contributed by atoms with Gasteiger partial charge in [-0.1, -0.05) is 39.8 Å². The van der Waals surface area contributed by atoms with E-state index in [-0.39, 0.29) is 5.41 Å². The first-order valence-electron chi connectivity index (χ1n) is 4.44. The molecular formula is C10H19NO. The largest absolute Gasteiger partial charge is 0.361 e. The van der Waals surface area contributed by atoms with E-state index in [1.54, 1.807) is 0 Å². The van der Waals surface area contributed by atoms with Gasteiger partial charge < -0.3 is 4.52 Å². The van der Waals surface area contributed by atoms with Crippen molar-refractivity contribution < 1.29 is 4.52 Å². The predicted molar refractivity (Wildman–Crippen MR) is 51.3 cm³/mol. The summed E-state index contributed by atoms with van der Waals surface area (Å²) >= 11 is 0. The van der Waals surface area contributed by atoms with Crippen LogP contribution in [0, 0.1) is 6.92 Å². The number of nitrogens with zero attached hydrogens (tertiary/aromatic N) is 1. The summed E-state index contributed by atoms with van der Waals surface area (Å²) in [5.74, 6) is 0.949. The van der Waals surface area contributed by atoms with E-state index >= 15 is 0 Å². The zero-order chi connectivity index (χ0) is 9.78. The highest BCUT2D eigenvalue weighted by Gasteiger charge is 2.18. The maximum absolute atomic E-state index is 5.08. The molecule has 12 heavy (non-hydrogen) atoms. The number of aryl methyl sites for hydroxylation is 1. The summed E-state index contributed by atoms with van der Waals surface area (Å²) in [4.78, 5) is 0. The molecule has 0 saturated heterocycles. The summed E-state index contributed by atoms with van der Waals surface area (Å²) in [5, 5.41) is 3.81. The maximum Gasteiger partial charge on any atom is 0.142 e. The van der Waals surface area contributed by atoms with E-state index in [0.717, 1.165) is 11.5 Å². The van der Waals surface area contributed by atoms with Crippen LogP contribution in [0.5, 0.6) is 0 Å². The van der Waals surface area contributed by atoms with Crippen LogP contribution >= 0.6 is 0 Å². The lowest BCUT2D eigenvalue weighted by Gasteiger charge is -2.11. The SMILES string of the molecule is CC.Cc1cc(C(C)(C)C)on1. The lowest BCUT2D eigenvalue weighted by molar-refractivity contribution is 0.327. The molecule has 2 nitrogen and oxygen atoms in total. The molecule has 1 rings (SSSR count). The molecule has 2 heteroatoms. The normalized spacial score (nSPS) is 10.5. The molecule has 0 aliphatic rings. The second kappa shape index (κ2) is 4.29. The van der Waals surface area contributed by atoms with Gasteiger partial charge in [0.15, 0.2) is 0 Å². The minimum Gasteiger partial charge on any atom is -0.361 e. The quantitative estimate of drug-likeness (QED) is 0.595. The van der Waals surface area contributed by atoms with Gasteiger partial charge in [0.25, 0.3) is 0 Å². The highest BCUT2D eigenvalue weighted by atomic mass is 16.5. The fourth-order valence-corrected chi connectivity index (χ4v) is 0.717. The Labute approximate surface area is 75.0 Å². The highest BCUT2D eigenvalue weighted by Crippen LogP contribution is 2.21. The number of hydrogen-bond donors (Lipinski definition) is 0. The van der Waals surface area contributed by atoms with Crippen LogP contribution in [0.2, 0.25) is 0 Å². The van der Waals surface area contributed by atoms with Crippen LogP contribution in [0.1, 0.15) is 46.1 Å². The second-order valence-corrected chi connectivity index (χ2v) is 3.58. The number of aromatic nitrogens is 1. The molecule has 0 radical (unpaired) electrons. The standard InChI is InChI=1S/C8H13NO.C2H6/c1-6-5-7(10-9-6)8(2,3)4;1-2/h5H,1-4H3;1-2H3. The zero-order valence-electron chi connectivity index (χ0n) is 8.93. The summed E-state index contributed by atoms with van der Waals surface area (Å²) in [7, 11) is 0. The van der Waals surface area contributed by atoms with Crippen LogP contribution in [-0.2, 0) is 5.41 Å². The van der Waals surface area contributed by atoms with Crippen molar-refractivity contribution in [2.45, 2.75) is 47.0 Å². The van der Waals surface area contributed by atoms with Gasteiger partial charge in [0.05, 0.1) is 5.69 Å². The second-order valence-electron chi connectivity index (χ2n) is 3.58. The Hall–Kier alpha value is -0.790. The fourth-order valence-electron chi connectivity index (χ4n) is 0.717. The van der Waals surface area contributed by atoms with Gasteiger partial charge in [0, 0.05) is 11.5 Å². The average molecular weight is 169 g/mol. The van der Waals surface area contributed by atoms with Crippen LogP contribution in [0.3, 0.4) is 0 Å². The molecule has 1 heterocycles. The third-order valence-corrected chi connectivity index (χ3v) is 1.37. The molecular weight excluding hydrogens is 150 g/mol. The number of rotatable bonds is 0. The molecule has 0 aliphatic carbocycles. The van der Waals surface area contributed by atoms with Gasteiger partial charge in [0.1, 0.15) is 5.76 Å². The fraction of sp³-hybridized carbons (Fsp3) is 0.700. The van der Waals surface area contributed by atoms with Gasteiger partial charge in [-0.3, -0.25) is 0 Å². The van der Waals surface area contributed by atoms with E-state index in [4.69, 9.17) is 4.52 Å². The first kappa shape index (κ1) is 11.2. The van der Waals surface area contributed by atoms with Crippen molar-refractivity contribution in [3.8, 4) is 0 Å². The minimum absolute atomic E-state index is 0.0846. The third-order valence-electron chi connectivity index (χ3n) is 1.37. The van der Waals surface area contributed by atoms with Crippen molar-refractivity contribution in [3.05, 3.63) is 17.5 Å². The molecule has 0 unspecified atom stereocenters. The summed E-state index contributed by atoms with van der Waals surface area (Å²) in [5.41, 5.74) is 1.03. The zero-order valence-corrected chi connectivity index (χ0v) is 8.93. The molecule has 0 fully saturated rings.